The van der Waals surface area contributed by atoms with Crippen LogP contribution < -0.4 is 20.5 Å². The highest BCUT2D eigenvalue weighted by atomic mass is 32.2. The maximum Gasteiger partial charge on any atom is 0.502 e. The highest BCUT2D eigenvalue weighted by molar-refractivity contribution is 7.92. The third kappa shape index (κ3) is 7.23. The van der Waals surface area contributed by atoms with Gasteiger partial charge in [0.25, 0.3) is 9.84 Å². The van der Waals surface area contributed by atoms with E-state index in [1.54, 1.807) is 0 Å². The van der Waals surface area contributed by atoms with Crippen molar-refractivity contribution in [2.24, 2.45) is 5.14 Å². The van der Waals surface area contributed by atoms with E-state index < -0.39 is 48.7 Å². The molecule has 0 saturated carbocycles. The Morgan fingerprint density at radius 1 is 0.860 bits per heavy atom. The first kappa shape index (κ1) is 31.7. The monoisotopic (exact) mass is 650 g/mol. The molecule has 0 unspecified atom stereocenters. The van der Waals surface area contributed by atoms with Crippen molar-refractivity contribution in [3.63, 3.8) is 0 Å². The molecule has 230 valence electrons. The molecule has 2 heterocycles. The molecular formula is C24H20F6N6O5S2. The fraction of sp³-hybridized carbons (Fsp3) is 0.208. The van der Waals surface area contributed by atoms with Crippen LogP contribution in [-0.4, -0.2) is 57.1 Å². The topological polar surface area (TPSA) is 166 Å². The number of anilines is 2. The van der Waals surface area contributed by atoms with Crippen molar-refractivity contribution in [2.45, 2.75) is 28.0 Å². The summed E-state index contributed by atoms with van der Waals surface area (Å²) in [5.74, 6) is -1.09. The van der Waals surface area contributed by atoms with Crippen LogP contribution in [0.25, 0.3) is 22.3 Å². The van der Waals surface area contributed by atoms with E-state index in [0.717, 1.165) is 13.2 Å². The number of nitrogens with zero attached hydrogens (tertiary/aromatic N) is 3. The van der Waals surface area contributed by atoms with Gasteiger partial charge in [0.05, 0.1) is 23.2 Å². The number of fused-ring (bicyclic) bond motifs is 1. The summed E-state index contributed by atoms with van der Waals surface area (Å²) in [6, 6.07) is 10.9. The van der Waals surface area contributed by atoms with Crippen molar-refractivity contribution in [1.29, 1.82) is 0 Å². The summed E-state index contributed by atoms with van der Waals surface area (Å²) < 4.78 is 131. The van der Waals surface area contributed by atoms with Gasteiger partial charge in [-0.25, -0.2) is 31.9 Å². The number of halogens is 6. The molecule has 2 aromatic carbocycles. The van der Waals surface area contributed by atoms with Crippen molar-refractivity contribution in [3.8, 4) is 17.0 Å². The van der Waals surface area contributed by atoms with E-state index in [1.807, 2.05) is 0 Å². The van der Waals surface area contributed by atoms with E-state index in [1.165, 1.54) is 42.5 Å². The summed E-state index contributed by atoms with van der Waals surface area (Å²) in [6.07, 6.45) is -4.66. The number of pyridine rings is 1. The first-order chi connectivity index (χ1) is 19.9. The second-order valence-corrected chi connectivity index (χ2v) is 12.3. The van der Waals surface area contributed by atoms with Gasteiger partial charge in [0.2, 0.25) is 16.0 Å². The van der Waals surface area contributed by atoms with E-state index in [2.05, 4.69) is 25.6 Å². The largest absolute Gasteiger partial charge is 0.502 e. The maximum absolute atomic E-state index is 13.3. The molecule has 43 heavy (non-hydrogen) atoms. The minimum absolute atomic E-state index is 0.0307. The average molecular weight is 651 g/mol. The Balaban J connectivity index is 1.74. The lowest BCUT2D eigenvalue weighted by molar-refractivity contribution is -0.115. The zero-order valence-corrected chi connectivity index (χ0v) is 23.3. The predicted octanol–water partition coefficient (Wildman–Crippen LogP) is 4.23. The number of hydrogen-bond acceptors (Lipinski definition) is 10. The van der Waals surface area contributed by atoms with Crippen LogP contribution in [0.2, 0.25) is 0 Å². The lowest BCUT2D eigenvalue weighted by Crippen LogP contribution is -2.23. The van der Waals surface area contributed by atoms with Crippen LogP contribution in [0.5, 0.6) is 5.75 Å². The number of primary sulfonamides is 1. The van der Waals surface area contributed by atoms with Crippen molar-refractivity contribution in [2.75, 3.05) is 24.3 Å². The number of nitrogens with two attached hydrogens (primary N) is 1. The van der Waals surface area contributed by atoms with Gasteiger partial charge in [0, 0.05) is 12.1 Å². The number of ether oxygens (including phenoxy) is 1. The second-order valence-electron chi connectivity index (χ2n) is 8.79. The van der Waals surface area contributed by atoms with Crippen LogP contribution in [0.1, 0.15) is 5.56 Å². The third-order valence-corrected chi connectivity index (χ3v) is 8.19. The van der Waals surface area contributed by atoms with Gasteiger partial charge in [0.15, 0.2) is 5.82 Å². The van der Waals surface area contributed by atoms with Crippen LogP contribution in [0.15, 0.2) is 64.4 Å². The van der Waals surface area contributed by atoms with E-state index in [0.29, 0.717) is 11.6 Å². The molecule has 0 amide bonds. The molecule has 2 aromatic heterocycles. The highest BCUT2D eigenvalue weighted by Crippen LogP contribution is 2.38. The molecule has 4 aromatic rings. The van der Waals surface area contributed by atoms with Gasteiger partial charge in [-0.2, -0.15) is 31.3 Å². The molecule has 19 heteroatoms. The number of sulfone groups is 1. The number of rotatable bonds is 9. The zero-order chi connectivity index (χ0) is 31.8. The highest BCUT2D eigenvalue weighted by Gasteiger charge is 2.48. The fourth-order valence-corrected chi connectivity index (χ4v) is 5.17. The minimum atomic E-state index is -5.83. The number of alkyl halides is 6. The predicted molar refractivity (Wildman–Crippen MR) is 142 cm³/mol. The van der Waals surface area contributed by atoms with Gasteiger partial charge in [-0.3, -0.25) is 0 Å². The normalized spacial score (nSPS) is 12.7. The number of aromatic nitrogens is 3. The second kappa shape index (κ2) is 11.5. The number of methoxy groups -OCH3 is 1. The summed E-state index contributed by atoms with van der Waals surface area (Å²) in [5, 5.41) is 10.00. The molecule has 0 fully saturated rings. The van der Waals surface area contributed by atoms with Crippen molar-refractivity contribution < 1.29 is 47.9 Å². The van der Waals surface area contributed by atoms with Crippen molar-refractivity contribution in [1.82, 2.24) is 15.0 Å². The molecular weight excluding hydrogens is 630 g/mol. The lowest BCUT2D eigenvalue weighted by Gasteiger charge is -2.15. The van der Waals surface area contributed by atoms with Gasteiger partial charge in [-0.15, -0.1) is 0 Å². The number of hydrogen-bond donors (Lipinski definition) is 3. The Morgan fingerprint density at radius 2 is 1.53 bits per heavy atom. The molecule has 0 saturated heterocycles. The van der Waals surface area contributed by atoms with Gasteiger partial charge in [0.1, 0.15) is 22.7 Å². The Morgan fingerprint density at radius 3 is 2.12 bits per heavy atom. The van der Waals surface area contributed by atoms with Gasteiger partial charge >= 0.3 is 11.7 Å². The Kier molecular flexibility index (Phi) is 8.44. The Bertz CT molecular complexity index is 1880. The van der Waals surface area contributed by atoms with Crippen LogP contribution in [0.3, 0.4) is 0 Å². The quantitative estimate of drug-likeness (QED) is 0.223. The maximum atomic E-state index is 13.3. The zero-order valence-electron chi connectivity index (χ0n) is 21.7. The number of benzene rings is 2. The average Bonchev–Trinajstić information content (AvgIpc) is 2.93. The standard InChI is InChI=1S/C24H20F6N6O5S2/c1-41-18-9-4-14(10-19(18)42(37,38)24(28,29)30)16-7-8-17-20(34-16)21(33-12-23(25,26)27)36-22(35-17)32-11-13-2-5-15(6-3-13)43(31,39)40/h2-10H,11-12H2,1H3,(H2,31,39,40)(H2,32,33,35,36). The summed E-state index contributed by atoms with van der Waals surface area (Å²) in [4.78, 5) is 11.2. The van der Waals surface area contributed by atoms with Crippen molar-refractivity contribution >= 4 is 42.7 Å². The Labute approximate surface area is 240 Å². The van der Waals surface area contributed by atoms with E-state index >= 15 is 0 Å². The number of sulfonamides is 1. The Hall–Kier alpha value is -4.23. The molecule has 0 aliphatic rings. The first-order valence-corrected chi connectivity index (χ1v) is 14.8. The van der Waals surface area contributed by atoms with Gasteiger partial charge in [-0.1, -0.05) is 12.1 Å². The third-order valence-electron chi connectivity index (χ3n) is 5.75. The molecule has 4 N–H and O–H groups in total. The molecule has 11 nitrogen and oxygen atoms in total. The minimum Gasteiger partial charge on any atom is -0.495 e. The van der Waals surface area contributed by atoms with Gasteiger partial charge < -0.3 is 15.4 Å². The summed E-state index contributed by atoms with van der Waals surface area (Å²) in [5.41, 5.74) is -5.45. The summed E-state index contributed by atoms with van der Waals surface area (Å²) >= 11 is 0. The molecule has 0 spiro atoms. The molecule has 4 rings (SSSR count). The fourth-order valence-electron chi connectivity index (χ4n) is 3.71. The first-order valence-electron chi connectivity index (χ1n) is 11.7. The van der Waals surface area contributed by atoms with Crippen LogP contribution in [0, 0.1) is 0 Å². The van der Waals surface area contributed by atoms with Gasteiger partial charge in [-0.05, 0) is 48.0 Å². The number of nitrogens with one attached hydrogen (secondary N) is 2. The molecule has 0 bridgehead atoms. The molecule has 0 aliphatic carbocycles. The van der Waals surface area contributed by atoms with E-state index in [9.17, 15) is 43.2 Å². The van der Waals surface area contributed by atoms with E-state index in [-0.39, 0.29) is 45.5 Å². The van der Waals surface area contributed by atoms with Crippen LogP contribution >= 0.6 is 0 Å². The van der Waals surface area contributed by atoms with E-state index in [4.69, 9.17) is 9.88 Å². The molecule has 0 atom stereocenters. The van der Waals surface area contributed by atoms with Crippen LogP contribution in [0.4, 0.5) is 38.1 Å². The smallest absolute Gasteiger partial charge is 0.495 e. The summed E-state index contributed by atoms with van der Waals surface area (Å²) in [7, 11) is -8.76. The summed E-state index contributed by atoms with van der Waals surface area (Å²) in [6.45, 7) is -1.49. The SMILES string of the molecule is COc1ccc(-c2ccc3nc(NCc4ccc(S(N)(=O)=O)cc4)nc(NCC(F)(F)F)c3n2)cc1S(=O)(=O)C(F)(F)F. The molecule has 0 radical (unpaired) electrons. The molecule has 0 aliphatic heterocycles. The van der Waals surface area contributed by atoms with Crippen molar-refractivity contribution in [3.05, 3.63) is 60.2 Å². The lowest BCUT2D eigenvalue weighted by atomic mass is 10.1. The van der Waals surface area contributed by atoms with Crippen LogP contribution in [-0.2, 0) is 26.4 Å².